The molecule has 35 heavy (non-hydrogen) atoms. The Morgan fingerprint density at radius 3 is 2.54 bits per heavy atom. The molecule has 0 radical (unpaired) electrons. The van der Waals surface area contributed by atoms with Crippen LogP contribution in [0.4, 0.5) is 5.95 Å². The van der Waals surface area contributed by atoms with E-state index in [4.69, 9.17) is 4.98 Å². The molecular weight excluding hydrogens is 436 g/mol. The zero-order valence-corrected chi connectivity index (χ0v) is 20.6. The summed E-state index contributed by atoms with van der Waals surface area (Å²) < 4.78 is 1.88. The van der Waals surface area contributed by atoms with Crippen LogP contribution in [-0.4, -0.2) is 51.2 Å². The van der Waals surface area contributed by atoms with E-state index in [1.54, 1.807) is 0 Å². The van der Waals surface area contributed by atoms with E-state index in [-0.39, 0.29) is 11.9 Å². The maximum atomic E-state index is 13.8. The summed E-state index contributed by atoms with van der Waals surface area (Å²) >= 11 is 0. The quantitative estimate of drug-likeness (QED) is 0.415. The number of hydrogen-bond donors (Lipinski definition) is 0. The normalized spacial score (nSPS) is 15.4. The van der Waals surface area contributed by atoms with Gasteiger partial charge in [-0.25, -0.2) is 14.6 Å². The van der Waals surface area contributed by atoms with Crippen LogP contribution in [0.2, 0.25) is 0 Å². The number of carbonyl (C=O) groups excluding carboxylic acids is 1. The van der Waals surface area contributed by atoms with Gasteiger partial charge in [-0.3, -0.25) is 4.79 Å². The molecule has 1 aliphatic rings. The van der Waals surface area contributed by atoms with E-state index in [0.717, 1.165) is 46.7 Å². The molecule has 0 bridgehead atoms. The van der Waals surface area contributed by atoms with E-state index in [1.165, 1.54) is 0 Å². The number of rotatable bonds is 5. The van der Waals surface area contributed by atoms with Crippen molar-refractivity contribution in [1.29, 1.82) is 0 Å². The van der Waals surface area contributed by atoms with Gasteiger partial charge in [-0.15, -0.1) is 0 Å². The minimum absolute atomic E-state index is 0.0138. The second kappa shape index (κ2) is 9.33. The molecule has 0 saturated carbocycles. The van der Waals surface area contributed by atoms with Crippen LogP contribution >= 0.6 is 0 Å². The van der Waals surface area contributed by atoms with Gasteiger partial charge in [-0.1, -0.05) is 36.4 Å². The number of aromatic nitrogens is 4. The van der Waals surface area contributed by atoms with E-state index < -0.39 is 0 Å². The molecule has 7 heteroatoms. The molecule has 2 aromatic heterocycles. The Morgan fingerprint density at radius 1 is 1.03 bits per heavy atom. The van der Waals surface area contributed by atoms with Crippen LogP contribution in [0, 0.1) is 13.8 Å². The number of anilines is 1. The maximum Gasteiger partial charge on any atom is 0.254 e. The van der Waals surface area contributed by atoms with Crippen molar-refractivity contribution < 1.29 is 4.79 Å². The van der Waals surface area contributed by atoms with E-state index >= 15 is 0 Å². The summed E-state index contributed by atoms with van der Waals surface area (Å²) in [5.41, 5.74) is 6.46. The van der Waals surface area contributed by atoms with Gasteiger partial charge in [0.1, 0.15) is 0 Å². The molecule has 0 aliphatic carbocycles. The summed E-state index contributed by atoms with van der Waals surface area (Å²) in [7, 11) is 3.87. The molecule has 7 nitrogen and oxygen atoms in total. The lowest BCUT2D eigenvalue weighted by atomic mass is 9.99. The van der Waals surface area contributed by atoms with Gasteiger partial charge in [0.2, 0.25) is 5.95 Å². The molecule has 1 aliphatic heterocycles. The standard InChI is InChI=1S/C28H30N6O/c1-19-16-20(2)34(31-19)23-13-8-12-22(17-23)27(35)33-15-9-14-25(33)26-24(21-10-6-5-7-11-21)18-29-28(30-26)32(3)4/h5-8,10-13,16-18,25H,9,14-15H2,1-4H3. The van der Waals surface area contributed by atoms with Gasteiger partial charge in [-0.2, -0.15) is 5.10 Å². The number of benzene rings is 2. The molecule has 1 saturated heterocycles. The number of nitrogens with zero attached hydrogens (tertiary/aromatic N) is 6. The first-order valence-corrected chi connectivity index (χ1v) is 12.0. The van der Waals surface area contributed by atoms with Crippen molar-refractivity contribution in [2.75, 3.05) is 25.5 Å². The Balaban J connectivity index is 1.53. The lowest BCUT2D eigenvalue weighted by molar-refractivity contribution is 0.0733. The highest BCUT2D eigenvalue weighted by atomic mass is 16.2. The first kappa shape index (κ1) is 22.8. The van der Waals surface area contributed by atoms with Crippen LogP contribution in [0.3, 0.4) is 0 Å². The minimum Gasteiger partial charge on any atom is -0.347 e. The zero-order chi connectivity index (χ0) is 24.5. The first-order valence-electron chi connectivity index (χ1n) is 12.0. The highest BCUT2D eigenvalue weighted by molar-refractivity contribution is 5.95. The fourth-order valence-electron chi connectivity index (χ4n) is 4.82. The Bertz CT molecular complexity index is 1360. The molecule has 3 heterocycles. The van der Waals surface area contributed by atoms with Crippen molar-refractivity contribution >= 4 is 11.9 Å². The molecule has 1 fully saturated rings. The molecular formula is C28H30N6O. The number of likely N-dealkylation sites (tertiary alicyclic amines) is 1. The van der Waals surface area contributed by atoms with E-state index in [9.17, 15) is 4.79 Å². The molecule has 1 unspecified atom stereocenters. The van der Waals surface area contributed by atoms with Gasteiger partial charge in [0.25, 0.3) is 5.91 Å². The van der Waals surface area contributed by atoms with Crippen molar-refractivity contribution in [2.45, 2.75) is 32.7 Å². The van der Waals surface area contributed by atoms with Crippen LogP contribution in [-0.2, 0) is 0 Å². The smallest absolute Gasteiger partial charge is 0.254 e. The molecule has 1 atom stereocenters. The van der Waals surface area contributed by atoms with Crippen LogP contribution in [0.25, 0.3) is 16.8 Å². The molecule has 0 N–H and O–H groups in total. The topological polar surface area (TPSA) is 67.2 Å². The van der Waals surface area contributed by atoms with Gasteiger partial charge in [0.05, 0.1) is 23.1 Å². The second-order valence-electron chi connectivity index (χ2n) is 9.28. The monoisotopic (exact) mass is 466 g/mol. The Labute approximate surface area is 206 Å². The Hall–Kier alpha value is -4.00. The highest BCUT2D eigenvalue weighted by Gasteiger charge is 2.34. The van der Waals surface area contributed by atoms with Crippen LogP contribution < -0.4 is 4.90 Å². The molecule has 5 rings (SSSR count). The third-order valence-corrected chi connectivity index (χ3v) is 6.47. The molecule has 4 aromatic rings. The van der Waals surface area contributed by atoms with Crippen LogP contribution in [0.15, 0.2) is 66.9 Å². The fraction of sp³-hybridized carbons (Fsp3) is 0.286. The summed E-state index contributed by atoms with van der Waals surface area (Å²) in [5.74, 6) is 0.658. The molecule has 1 amide bonds. The predicted molar refractivity (Wildman–Crippen MR) is 138 cm³/mol. The van der Waals surface area contributed by atoms with Crippen molar-refractivity contribution in [3.63, 3.8) is 0 Å². The maximum absolute atomic E-state index is 13.8. The van der Waals surface area contributed by atoms with Gasteiger partial charge in [-0.05, 0) is 56.5 Å². The summed E-state index contributed by atoms with van der Waals surface area (Å²) in [5, 5.41) is 4.58. The summed E-state index contributed by atoms with van der Waals surface area (Å²) in [4.78, 5) is 27.2. The van der Waals surface area contributed by atoms with Crippen LogP contribution in [0.1, 0.15) is 46.3 Å². The van der Waals surface area contributed by atoms with Crippen molar-refractivity contribution in [2.24, 2.45) is 0 Å². The molecule has 2 aromatic carbocycles. The SMILES string of the molecule is Cc1cc(C)n(-c2cccc(C(=O)N3CCCC3c3nc(N(C)C)ncc3-c3ccccc3)c2)n1. The van der Waals surface area contributed by atoms with E-state index in [2.05, 4.69) is 22.2 Å². The summed E-state index contributed by atoms with van der Waals surface area (Å²) in [6.45, 7) is 4.69. The molecule has 178 valence electrons. The lowest BCUT2D eigenvalue weighted by Crippen LogP contribution is -2.31. The van der Waals surface area contributed by atoms with Crippen LogP contribution in [0.5, 0.6) is 0 Å². The molecule has 0 spiro atoms. The second-order valence-corrected chi connectivity index (χ2v) is 9.28. The van der Waals surface area contributed by atoms with Crippen molar-refractivity contribution in [1.82, 2.24) is 24.6 Å². The number of aryl methyl sites for hydroxylation is 2. The van der Waals surface area contributed by atoms with E-state index in [0.29, 0.717) is 18.1 Å². The fourth-order valence-corrected chi connectivity index (χ4v) is 4.82. The average Bonchev–Trinajstić information content (AvgIpc) is 3.49. The third kappa shape index (κ3) is 4.41. The minimum atomic E-state index is -0.114. The summed E-state index contributed by atoms with van der Waals surface area (Å²) in [6.07, 6.45) is 3.69. The predicted octanol–water partition coefficient (Wildman–Crippen LogP) is 4.99. The largest absolute Gasteiger partial charge is 0.347 e. The van der Waals surface area contributed by atoms with Gasteiger partial charge < -0.3 is 9.80 Å². The van der Waals surface area contributed by atoms with Crippen molar-refractivity contribution in [3.8, 4) is 16.8 Å². The number of carbonyl (C=O) groups is 1. The zero-order valence-electron chi connectivity index (χ0n) is 20.6. The van der Waals surface area contributed by atoms with Gasteiger partial charge >= 0.3 is 0 Å². The van der Waals surface area contributed by atoms with E-state index in [1.807, 2.05) is 97.2 Å². The Kier molecular flexibility index (Phi) is 6.07. The Morgan fingerprint density at radius 2 is 1.83 bits per heavy atom. The number of hydrogen-bond acceptors (Lipinski definition) is 5. The number of amides is 1. The average molecular weight is 467 g/mol. The lowest BCUT2D eigenvalue weighted by Gasteiger charge is -2.27. The summed E-state index contributed by atoms with van der Waals surface area (Å²) in [6, 6.07) is 19.8. The first-order chi connectivity index (χ1) is 16.9. The van der Waals surface area contributed by atoms with Gasteiger partial charge in [0.15, 0.2) is 0 Å². The van der Waals surface area contributed by atoms with Crippen molar-refractivity contribution in [3.05, 3.63) is 89.5 Å². The third-order valence-electron chi connectivity index (χ3n) is 6.47. The van der Waals surface area contributed by atoms with Gasteiger partial charge in [0, 0.05) is 43.7 Å². The highest BCUT2D eigenvalue weighted by Crippen LogP contribution is 2.38.